The van der Waals surface area contributed by atoms with Gasteiger partial charge in [-0.2, -0.15) is 0 Å². The van der Waals surface area contributed by atoms with Gasteiger partial charge in [-0.05, 0) is 0 Å². The molecule has 1 N–H and O–H groups in total. The van der Waals surface area contributed by atoms with E-state index < -0.39 is 6.10 Å². The molecule has 0 bridgehead atoms. The number of rotatable bonds is 3. The van der Waals surface area contributed by atoms with Crippen molar-refractivity contribution in [2.45, 2.75) is 18.9 Å². The Balaban J connectivity index is 2.02. The second kappa shape index (κ2) is 4.11. The molecule has 14 heavy (non-hydrogen) atoms. The maximum atomic E-state index is 9.76. The first kappa shape index (κ1) is 9.02. The molecule has 72 valence electrons. The van der Waals surface area contributed by atoms with Crippen LogP contribution in [0.4, 0.5) is 0 Å². The summed E-state index contributed by atoms with van der Waals surface area (Å²) >= 11 is 0. The molecule has 4 heteroatoms. The molecule has 1 aromatic heterocycles. The zero-order valence-corrected chi connectivity index (χ0v) is 7.67. The summed E-state index contributed by atoms with van der Waals surface area (Å²) in [6.45, 7) is 0. The molecule has 0 amide bonds. The third-order valence-corrected chi connectivity index (χ3v) is 2.04. The van der Waals surface area contributed by atoms with Crippen molar-refractivity contribution in [3.8, 4) is 0 Å². The van der Waals surface area contributed by atoms with Crippen molar-refractivity contribution < 1.29 is 5.11 Å². The van der Waals surface area contributed by atoms with Gasteiger partial charge in [0.1, 0.15) is 6.10 Å². The predicted molar refractivity (Wildman–Crippen MR) is 52.8 cm³/mol. The molecule has 2 heterocycles. The van der Waals surface area contributed by atoms with Gasteiger partial charge in [0, 0.05) is 37.1 Å². The van der Waals surface area contributed by atoms with Crippen LogP contribution in [0.1, 0.15) is 24.6 Å². The highest BCUT2D eigenvalue weighted by Crippen LogP contribution is 2.21. The van der Waals surface area contributed by atoms with Crippen molar-refractivity contribution in [1.29, 1.82) is 0 Å². The van der Waals surface area contributed by atoms with Crippen molar-refractivity contribution in [3.05, 3.63) is 36.1 Å². The number of hydrogen-bond acceptors (Lipinski definition) is 4. The Labute approximate surface area is 82.1 Å². The monoisotopic (exact) mass is 189 g/mol. The van der Waals surface area contributed by atoms with E-state index in [-0.39, 0.29) is 0 Å². The first-order valence-electron chi connectivity index (χ1n) is 4.52. The van der Waals surface area contributed by atoms with E-state index >= 15 is 0 Å². The van der Waals surface area contributed by atoms with Crippen LogP contribution in [0, 0.1) is 0 Å². The molecule has 1 unspecified atom stereocenters. The molecule has 4 nitrogen and oxygen atoms in total. The minimum atomic E-state index is -0.606. The zero-order valence-electron chi connectivity index (χ0n) is 7.67. The SMILES string of the molecule is OC(CC1=CCC=N1)c1cnccn1. The third kappa shape index (κ3) is 2.03. The Morgan fingerprint density at radius 3 is 3.00 bits per heavy atom. The van der Waals surface area contributed by atoms with E-state index in [1.807, 2.05) is 12.3 Å². The van der Waals surface area contributed by atoms with Crippen molar-refractivity contribution >= 4 is 6.21 Å². The minimum absolute atomic E-state index is 0.509. The molecule has 1 aromatic rings. The molecule has 0 radical (unpaired) electrons. The Bertz CT molecular complexity index is 359. The fraction of sp³-hybridized carbons (Fsp3) is 0.300. The lowest BCUT2D eigenvalue weighted by Gasteiger charge is -2.07. The largest absolute Gasteiger partial charge is 0.386 e. The van der Waals surface area contributed by atoms with Crippen LogP contribution in [0.2, 0.25) is 0 Å². The molecule has 0 spiro atoms. The number of aliphatic imine (C=N–C) groups is 1. The summed E-state index contributed by atoms with van der Waals surface area (Å²) in [7, 11) is 0. The Hall–Kier alpha value is -1.55. The standard InChI is InChI=1S/C10H11N3O/c14-10(6-8-2-1-3-12-8)9-7-11-4-5-13-9/h2-5,7,10,14H,1,6H2. The van der Waals surface area contributed by atoms with Gasteiger partial charge < -0.3 is 5.11 Å². The Morgan fingerprint density at radius 2 is 2.36 bits per heavy atom. The Morgan fingerprint density at radius 1 is 1.43 bits per heavy atom. The third-order valence-electron chi connectivity index (χ3n) is 2.04. The van der Waals surface area contributed by atoms with Gasteiger partial charge in [-0.1, -0.05) is 6.08 Å². The highest BCUT2D eigenvalue weighted by atomic mass is 16.3. The second-order valence-electron chi connectivity index (χ2n) is 3.09. The van der Waals surface area contributed by atoms with E-state index in [1.54, 1.807) is 18.6 Å². The van der Waals surface area contributed by atoms with Crippen LogP contribution in [0.5, 0.6) is 0 Å². The summed E-state index contributed by atoms with van der Waals surface area (Å²) in [5.74, 6) is 0. The fourth-order valence-corrected chi connectivity index (χ4v) is 1.33. The normalized spacial score (nSPS) is 16.8. The molecular weight excluding hydrogens is 178 g/mol. The van der Waals surface area contributed by atoms with E-state index in [0.717, 1.165) is 12.1 Å². The maximum Gasteiger partial charge on any atom is 0.103 e. The van der Waals surface area contributed by atoms with Gasteiger partial charge in [0.25, 0.3) is 0 Å². The lowest BCUT2D eigenvalue weighted by atomic mass is 10.1. The van der Waals surface area contributed by atoms with Crippen LogP contribution in [0.25, 0.3) is 0 Å². The number of hydrogen-bond donors (Lipinski definition) is 1. The number of aliphatic hydroxyl groups is 1. The molecule has 2 rings (SSSR count). The van der Waals surface area contributed by atoms with Crippen LogP contribution in [-0.4, -0.2) is 21.3 Å². The quantitative estimate of drug-likeness (QED) is 0.778. The highest BCUT2D eigenvalue weighted by Gasteiger charge is 2.12. The van der Waals surface area contributed by atoms with Crippen LogP contribution in [0.3, 0.4) is 0 Å². The summed E-state index contributed by atoms with van der Waals surface area (Å²) < 4.78 is 0. The summed E-state index contributed by atoms with van der Waals surface area (Å²) in [6, 6.07) is 0. The van der Waals surface area contributed by atoms with Crippen molar-refractivity contribution in [2.24, 2.45) is 4.99 Å². The van der Waals surface area contributed by atoms with Crippen LogP contribution in [-0.2, 0) is 0 Å². The Kier molecular flexibility index (Phi) is 2.65. The zero-order chi connectivity index (χ0) is 9.80. The minimum Gasteiger partial charge on any atom is -0.386 e. The first-order valence-corrected chi connectivity index (χ1v) is 4.52. The number of nitrogens with zero attached hydrogens (tertiary/aromatic N) is 3. The van der Waals surface area contributed by atoms with Gasteiger partial charge in [-0.3, -0.25) is 15.0 Å². The van der Waals surface area contributed by atoms with E-state index in [2.05, 4.69) is 15.0 Å². The molecule has 0 aliphatic carbocycles. The lowest BCUT2D eigenvalue weighted by molar-refractivity contribution is 0.172. The van der Waals surface area contributed by atoms with Crippen LogP contribution >= 0.6 is 0 Å². The smallest absolute Gasteiger partial charge is 0.103 e. The van der Waals surface area contributed by atoms with E-state index in [0.29, 0.717) is 12.1 Å². The van der Waals surface area contributed by atoms with E-state index in [1.165, 1.54) is 0 Å². The van der Waals surface area contributed by atoms with Gasteiger partial charge in [0.2, 0.25) is 0 Å². The van der Waals surface area contributed by atoms with Gasteiger partial charge in [0.15, 0.2) is 0 Å². The topological polar surface area (TPSA) is 58.4 Å². The van der Waals surface area contributed by atoms with Crippen molar-refractivity contribution in [2.75, 3.05) is 0 Å². The van der Waals surface area contributed by atoms with Crippen LogP contribution < -0.4 is 0 Å². The summed E-state index contributed by atoms with van der Waals surface area (Å²) in [4.78, 5) is 12.1. The summed E-state index contributed by atoms with van der Waals surface area (Å²) in [5, 5.41) is 9.76. The first-order chi connectivity index (χ1) is 6.86. The predicted octanol–water partition coefficient (Wildman–Crippen LogP) is 1.26. The van der Waals surface area contributed by atoms with Gasteiger partial charge in [0.05, 0.1) is 11.9 Å². The summed E-state index contributed by atoms with van der Waals surface area (Å²) in [6.07, 6.45) is 9.33. The second-order valence-corrected chi connectivity index (χ2v) is 3.09. The van der Waals surface area contributed by atoms with Gasteiger partial charge >= 0.3 is 0 Å². The molecule has 0 saturated heterocycles. The molecular formula is C10H11N3O. The van der Waals surface area contributed by atoms with Crippen molar-refractivity contribution in [1.82, 2.24) is 9.97 Å². The molecule has 1 aliphatic heterocycles. The van der Waals surface area contributed by atoms with E-state index in [4.69, 9.17) is 0 Å². The average molecular weight is 189 g/mol. The van der Waals surface area contributed by atoms with Crippen molar-refractivity contribution in [3.63, 3.8) is 0 Å². The lowest BCUT2D eigenvalue weighted by Crippen LogP contribution is -2.01. The summed E-state index contributed by atoms with van der Waals surface area (Å²) in [5.41, 5.74) is 1.51. The maximum absolute atomic E-state index is 9.76. The average Bonchev–Trinajstić information content (AvgIpc) is 2.72. The molecule has 0 saturated carbocycles. The number of allylic oxidation sites excluding steroid dienone is 1. The van der Waals surface area contributed by atoms with Crippen LogP contribution in [0.15, 0.2) is 35.4 Å². The number of aromatic nitrogens is 2. The fourth-order valence-electron chi connectivity index (χ4n) is 1.33. The van der Waals surface area contributed by atoms with E-state index in [9.17, 15) is 5.11 Å². The molecule has 1 aliphatic rings. The van der Waals surface area contributed by atoms with Gasteiger partial charge in [-0.25, -0.2) is 0 Å². The number of aliphatic hydroxyl groups excluding tert-OH is 1. The molecule has 0 aromatic carbocycles. The van der Waals surface area contributed by atoms with Gasteiger partial charge in [-0.15, -0.1) is 0 Å². The molecule has 0 fully saturated rings. The highest BCUT2D eigenvalue weighted by molar-refractivity contribution is 5.64. The molecule has 1 atom stereocenters.